The number of carbonyl (C=O) groups excluding carboxylic acids is 3. The first kappa shape index (κ1) is 28.9. The molecule has 0 unspecified atom stereocenters. The summed E-state index contributed by atoms with van der Waals surface area (Å²) < 4.78 is 5.67. The molecule has 0 spiro atoms. The summed E-state index contributed by atoms with van der Waals surface area (Å²) in [4.78, 5) is 47.6. The first-order chi connectivity index (χ1) is 22.9. The van der Waals surface area contributed by atoms with Crippen molar-refractivity contribution >= 4 is 34.4 Å². The van der Waals surface area contributed by atoms with Gasteiger partial charge in [-0.3, -0.25) is 14.4 Å². The summed E-state index contributed by atoms with van der Waals surface area (Å²) in [5, 5.41) is 0. The Morgan fingerprint density at radius 3 is 1.36 bits per heavy atom. The number of aryl methyl sites for hydroxylation is 2. The molecule has 3 aliphatic rings. The zero-order valence-corrected chi connectivity index (χ0v) is 26.4. The smallest absolute Gasteiger partial charge is 0.239 e. The second kappa shape index (κ2) is 10.5. The molecule has 47 heavy (non-hydrogen) atoms. The van der Waals surface area contributed by atoms with Crippen LogP contribution in [-0.2, 0) is 25.2 Å². The van der Waals surface area contributed by atoms with E-state index in [9.17, 15) is 0 Å². The van der Waals surface area contributed by atoms with E-state index in [2.05, 4.69) is 0 Å². The van der Waals surface area contributed by atoms with E-state index in [1.54, 1.807) is 18.2 Å². The number of hydrogen-bond acceptors (Lipinski definition) is 4. The molecule has 5 nitrogen and oxygen atoms in total. The minimum absolute atomic E-state index is 0.134. The fraction of sp³-hybridized carbons (Fsp3) is 0.167. The van der Waals surface area contributed by atoms with Gasteiger partial charge in [-0.25, -0.2) is 4.90 Å². The molecule has 4 atom stereocenters. The topological polar surface area (TPSA) is 63.7 Å². The highest BCUT2D eigenvalue weighted by Crippen LogP contribution is 2.74. The van der Waals surface area contributed by atoms with E-state index in [1.807, 2.05) is 129 Å². The lowest BCUT2D eigenvalue weighted by atomic mass is 9.59. The third kappa shape index (κ3) is 3.68. The normalized spacial score (nSPS) is 24.7. The Balaban J connectivity index is 1.56. The zero-order chi connectivity index (χ0) is 32.5. The number of para-hydroxylation sites is 2. The molecular weight excluding hydrogens is 582 g/mol. The number of ether oxygens (including phenoxy) is 1. The van der Waals surface area contributed by atoms with Gasteiger partial charge < -0.3 is 4.74 Å². The molecule has 1 saturated heterocycles. The van der Waals surface area contributed by atoms with Crippen LogP contribution in [0.5, 0.6) is 5.75 Å². The van der Waals surface area contributed by atoms with E-state index >= 15 is 14.4 Å². The molecule has 5 heteroatoms. The summed E-state index contributed by atoms with van der Waals surface area (Å²) in [5.41, 5.74) is 4.35. The number of nitrogens with zero attached hydrogens (tertiary/aromatic N) is 1. The number of allylic oxidation sites excluding steroid dienone is 2. The van der Waals surface area contributed by atoms with Gasteiger partial charge in [0.25, 0.3) is 0 Å². The number of hydrogen-bond donors (Lipinski definition) is 0. The summed E-state index contributed by atoms with van der Waals surface area (Å²) >= 11 is 0. The van der Waals surface area contributed by atoms with Crippen molar-refractivity contribution in [2.24, 2.45) is 11.8 Å². The van der Waals surface area contributed by atoms with Crippen LogP contribution in [0.4, 0.5) is 5.69 Å². The first-order valence-electron chi connectivity index (χ1n) is 15.9. The minimum atomic E-state index is -1.44. The highest BCUT2D eigenvalue weighted by molar-refractivity contribution is 6.39. The lowest BCUT2D eigenvalue weighted by molar-refractivity contribution is -0.130. The van der Waals surface area contributed by atoms with Crippen LogP contribution in [0.25, 0.3) is 11.1 Å². The second-order valence-electron chi connectivity index (χ2n) is 12.8. The Hall–Kier alpha value is -5.55. The number of Topliss-reactive ketones (excluding diaryl/α,β-unsaturated/α-hetero) is 1. The van der Waals surface area contributed by atoms with Gasteiger partial charge in [-0.15, -0.1) is 0 Å². The van der Waals surface area contributed by atoms with Crippen molar-refractivity contribution in [2.45, 2.75) is 24.7 Å². The molecule has 5 aromatic carbocycles. The molecule has 0 aromatic heterocycles. The molecule has 2 fully saturated rings. The zero-order valence-electron chi connectivity index (χ0n) is 26.4. The molecule has 2 aliphatic carbocycles. The van der Waals surface area contributed by atoms with Gasteiger partial charge >= 0.3 is 0 Å². The largest absolute Gasteiger partial charge is 0.495 e. The van der Waals surface area contributed by atoms with E-state index in [1.165, 1.54) is 12.0 Å². The predicted octanol–water partition coefficient (Wildman–Crippen LogP) is 7.50. The van der Waals surface area contributed by atoms with Crippen LogP contribution in [0.15, 0.2) is 133 Å². The van der Waals surface area contributed by atoms with Gasteiger partial charge in [0.05, 0.1) is 35.5 Å². The van der Waals surface area contributed by atoms with Crippen LogP contribution in [0.1, 0.15) is 33.4 Å². The van der Waals surface area contributed by atoms with E-state index in [4.69, 9.17) is 4.74 Å². The van der Waals surface area contributed by atoms with E-state index < -0.39 is 34.5 Å². The Bertz CT molecular complexity index is 1970. The van der Waals surface area contributed by atoms with Gasteiger partial charge in [-0.1, -0.05) is 132 Å². The maximum absolute atomic E-state index is 16.0. The number of fused-ring (bicyclic) bond motifs is 5. The fourth-order valence-electron chi connectivity index (χ4n) is 8.62. The van der Waals surface area contributed by atoms with Gasteiger partial charge in [-0.2, -0.15) is 0 Å². The maximum Gasteiger partial charge on any atom is 0.239 e. The SMILES string of the molecule is COc1ccccc1N1C(=O)[C@@H]2[C@H](C1=O)[C@]1(c3ccccc3)C(=O)[C@]2(c2ccccc2)C(c2ccc(C)cc2)=C1c1ccc(C)cc1. The number of benzene rings is 5. The van der Waals surface area contributed by atoms with E-state index in [-0.39, 0.29) is 5.78 Å². The second-order valence-corrected chi connectivity index (χ2v) is 12.8. The third-order valence-corrected chi connectivity index (χ3v) is 10.5. The minimum Gasteiger partial charge on any atom is -0.495 e. The van der Waals surface area contributed by atoms with Gasteiger partial charge in [0, 0.05) is 0 Å². The molecule has 1 heterocycles. The van der Waals surface area contributed by atoms with Gasteiger partial charge in [0.2, 0.25) is 11.8 Å². The Kier molecular flexibility index (Phi) is 6.45. The Labute approximate surface area is 274 Å². The summed E-state index contributed by atoms with van der Waals surface area (Å²) in [5.74, 6) is -2.48. The Morgan fingerprint density at radius 1 is 0.532 bits per heavy atom. The lowest BCUT2D eigenvalue weighted by Crippen LogP contribution is -2.45. The Morgan fingerprint density at radius 2 is 0.936 bits per heavy atom. The quantitative estimate of drug-likeness (QED) is 0.186. The van der Waals surface area contributed by atoms with Crippen LogP contribution >= 0.6 is 0 Å². The van der Waals surface area contributed by atoms with Crippen molar-refractivity contribution in [1.82, 2.24) is 0 Å². The van der Waals surface area contributed by atoms with Gasteiger partial charge in [-0.05, 0) is 59.4 Å². The number of ketones is 1. The molecule has 1 saturated carbocycles. The molecular formula is C42H33NO4. The van der Waals surface area contributed by atoms with Crippen molar-refractivity contribution in [3.05, 3.63) is 167 Å². The van der Waals surface area contributed by atoms with Gasteiger partial charge in [0.1, 0.15) is 5.75 Å². The van der Waals surface area contributed by atoms with Crippen molar-refractivity contribution < 1.29 is 19.1 Å². The summed E-state index contributed by atoms with van der Waals surface area (Å²) in [6, 6.07) is 42.6. The number of imide groups is 1. The summed E-state index contributed by atoms with van der Waals surface area (Å²) in [6.07, 6.45) is 0. The van der Waals surface area contributed by atoms with Crippen molar-refractivity contribution in [1.29, 1.82) is 0 Å². The molecule has 2 bridgehead atoms. The third-order valence-electron chi connectivity index (χ3n) is 10.5. The summed E-state index contributed by atoms with van der Waals surface area (Å²) in [6.45, 7) is 4.06. The van der Waals surface area contributed by atoms with Crippen molar-refractivity contribution in [3.8, 4) is 5.75 Å². The number of methoxy groups -OCH3 is 1. The van der Waals surface area contributed by atoms with Crippen LogP contribution in [0, 0.1) is 25.7 Å². The molecule has 0 radical (unpaired) electrons. The maximum atomic E-state index is 16.0. The highest BCUT2D eigenvalue weighted by atomic mass is 16.5. The van der Waals surface area contributed by atoms with Crippen molar-refractivity contribution in [2.75, 3.05) is 12.0 Å². The number of amides is 2. The molecule has 1 aliphatic heterocycles. The predicted molar refractivity (Wildman–Crippen MR) is 183 cm³/mol. The van der Waals surface area contributed by atoms with Crippen LogP contribution in [-0.4, -0.2) is 24.7 Å². The first-order valence-corrected chi connectivity index (χ1v) is 15.9. The highest BCUT2D eigenvalue weighted by Gasteiger charge is 2.82. The molecule has 5 aromatic rings. The monoisotopic (exact) mass is 615 g/mol. The standard InChI is InChI=1S/C42H33NO4/c1-26-18-22-28(23-19-26)34-35(29-24-20-27(2)21-25-29)42(31-14-8-5-9-15-31)37-36(41(34,40(42)46)30-12-6-4-7-13-30)38(44)43(39(37)45)32-16-10-11-17-33(32)47-3/h4-25,36-37H,1-3H3/t36-,37+,41-,42-/m1/s1. The van der Waals surface area contributed by atoms with Crippen LogP contribution < -0.4 is 9.64 Å². The van der Waals surface area contributed by atoms with E-state index in [0.717, 1.165) is 33.4 Å². The van der Waals surface area contributed by atoms with Crippen molar-refractivity contribution in [3.63, 3.8) is 0 Å². The molecule has 2 amide bonds. The molecule has 8 rings (SSSR count). The van der Waals surface area contributed by atoms with Crippen LogP contribution in [0.3, 0.4) is 0 Å². The average molecular weight is 616 g/mol. The fourth-order valence-corrected chi connectivity index (χ4v) is 8.62. The lowest BCUT2D eigenvalue weighted by Gasteiger charge is -2.39. The van der Waals surface area contributed by atoms with Crippen LogP contribution in [0.2, 0.25) is 0 Å². The number of rotatable bonds is 6. The van der Waals surface area contributed by atoms with E-state index in [0.29, 0.717) is 22.6 Å². The number of carbonyl (C=O) groups is 3. The van der Waals surface area contributed by atoms with Gasteiger partial charge in [0.15, 0.2) is 5.78 Å². The summed E-state index contributed by atoms with van der Waals surface area (Å²) in [7, 11) is 1.53. The molecule has 230 valence electrons. The molecule has 0 N–H and O–H groups in total. The average Bonchev–Trinajstić information content (AvgIpc) is 3.61. The number of anilines is 1.